The van der Waals surface area contributed by atoms with Crippen LogP contribution in [0.5, 0.6) is 0 Å². The van der Waals surface area contributed by atoms with E-state index in [1.54, 1.807) is 0 Å². The molecule has 12 heavy (non-hydrogen) atoms. The molecule has 1 aliphatic heterocycles. The Kier molecular flexibility index (Phi) is 2.73. The minimum absolute atomic E-state index is 0.104. The number of carbonyl (C=O) groups excluding carboxylic acids is 1. The highest BCUT2D eigenvalue weighted by molar-refractivity contribution is 5.76. The summed E-state index contributed by atoms with van der Waals surface area (Å²) in [4.78, 5) is 10.8. The topological polar surface area (TPSA) is 55.1 Å². The molecule has 1 fully saturated rings. The summed E-state index contributed by atoms with van der Waals surface area (Å²) in [6, 6.07) is 0. The van der Waals surface area contributed by atoms with Crippen LogP contribution >= 0.6 is 0 Å². The van der Waals surface area contributed by atoms with Crippen LogP contribution in [0.3, 0.4) is 0 Å². The number of nitrogens with one attached hydrogen (secondary N) is 1. The van der Waals surface area contributed by atoms with E-state index < -0.39 is 0 Å². The lowest BCUT2D eigenvalue weighted by Crippen LogP contribution is -2.41. The van der Waals surface area contributed by atoms with Crippen molar-refractivity contribution in [1.29, 1.82) is 0 Å². The lowest BCUT2D eigenvalue weighted by Gasteiger charge is -2.28. The molecule has 1 saturated heterocycles. The van der Waals surface area contributed by atoms with Gasteiger partial charge >= 0.3 is 0 Å². The summed E-state index contributed by atoms with van der Waals surface area (Å²) >= 11 is 0. The summed E-state index contributed by atoms with van der Waals surface area (Å²) in [5, 5.41) is 2.86. The maximum absolute atomic E-state index is 10.8. The van der Waals surface area contributed by atoms with Gasteiger partial charge in [-0.3, -0.25) is 4.79 Å². The molecular formula is C9H18N2O. The van der Waals surface area contributed by atoms with Gasteiger partial charge in [0.25, 0.3) is 0 Å². The maximum atomic E-state index is 10.8. The molecule has 0 saturated carbocycles. The van der Waals surface area contributed by atoms with Crippen molar-refractivity contribution in [3.8, 4) is 0 Å². The van der Waals surface area contributed by atoms with E-state index in [2.05, 4.69) is 5.32 Å². The van der Waals surface area contributed by atoms with Crippen molar-refractivity contribution in [2.75, 3.05) is 6.54 Å². The van der Waals surface area contributed by atoms with Gasteiger partial charge in [-0.25, -0.2) is 0 Å². The molecule has 1 atom stereocenters. The van der Waals surface area contributed by atoms with Gasteiger partial charge in [0.2, 0.25) is 5.91 Å². The van der Waals surface area contributed by atoms with Crippen LogP contribution in [0.25, 0.3) is 0 Å². The van der Waals surface area contributed by atoms with Gasteiger partial charge in [0.05, 0.1) is 0 Å². The highest BCUT2D eigenvalue weighted by atomic mass is 16.1. The zero-order chi connectivity index (χ0) is 9.19. The number of piperidine rings is 1. The van der Waals surface area contributed by atoms with Crippen molar-refractivity contribution in [2.45, 2.75) is 38.6 Å². The first kappa shape index (κ1) is 9.52. The lowest BCUT2D eigenvalue weighted by atomic mass is 9.87. The van der Waals surface area contributed by atoms with Crippen LogP contribution in [0.4, 0.5) is 0 Å². The predicted molar refractivity (Wildman–Crippen MR) is 48.6 cm³/mol. The maximum Gasteiger partial charge on any atom is 0.220 e. The highest BCUT2D eigenvalue weighted by Crippen LogP contribution is 2.20. The molecule has 0 spiro atoms. The Morgan fingerprint density at radius 1 is 1.67 bits per heavy atom. The van der Waals surface area contributed by atoms with Crippen LogP contribution < -0.4 is 11.1 Å². The second-order valence-corrected chi connectivity index (χ2v) is 4.40. The first-order valence-electron chi connectivity index (χ1n) is 4.53. The van der Waals surface area contributed by atoms with Crippen molar-refractivity contribution in [2.24, 2.45) is 11.7 Å². The van der Waals surface area contributed by atoms with Gasteiger partial charge in [0.15, 0.2) is 0 Å². The van der Waals surface area contributed by atoms with Gasteiger partial charge in [0.1, 0.15) is 0 Å². The van der Waals surface area contributed by atoms with E-state index in [1.165, 1.54) is 0 Å². The van der Waals surface area contributed by atoms with E-state index in [9.17, 15) is 4.79 Å². The van der Waals surface area contributed by atoms with Gasteiger partial charge in [-0.15, -0.1) is 0 Å². The Bertz CT molecular complexity index is 162. The van der Waals surface area contributed by atoms with E-state index >= 15 is 0 Å². The fourth-order valence-electron chi connectivity index (χ4n) is 1.70. The third-order valence-electron chi connectivity index (χ3n) is 2.18. The fraction of sp³-hybridized carbons (Fsp3) is 0.889. The molecule has 0 aliphatic carbocycles. The molecule has 3 N–H and O–H groups in total. The van der Waals surface area contributed by atoms with E-state index in [0.29, 0.717) is 12.3 Å². The third kappa shape index (κ3) is 3.22. The monoisotopic (exact) mass is 170 g/mol. The van der Waals surface area contributed by atoms with Crippen molar-refractivity contribution in [1.82, 2.24) is 5.32 Å². The molecule has 3 heteroatoms. The number of hydrogen-bond acceptors (Lipinski definition) is 2. The summed E-state index contributed by atoms with van der Waals surface area (Å²) < 4.78 is 0. The number of rotatable bonds is 2. The molecule has 1 amide bonds. The average molecular weight is 170 g/mol. The smallest absolute Gasteiger partial charge is 0.220 e. The minimum atomic E-state index is -0.104. The Labute approximate surface area is 73.7 Å². The molecule has 0 aromatic carbocycles. The van der Waals surface area contributed by atoms with Crippen LogP contribution in [0.15, 0.2) is 0 Å². The van der Waals surface area contributed by atoms with E-state index in [4.69, 9.17) is 5.73 Å². The van der Waals surface area contributed by atoms with Gasteiger partial charge in [0, 0.05) is 18.5 Å². The third-order valence-corrected chi connectivity index (χ3v) is 2.18. The number of amides is 1. The van der Waals surface area contributed by atoms with Crippen LogP contribution in [-0.4, -0.2) is 18.0 Å². The summed E-state index contributed by atoms with van der Waals surface area (Å²) in [6.45, 7) is 4.87. The summed E-state index contributed by atoms with van der Waals surface area (Å²) in [6.07, 6.45) is 2.65. The normalized spacial score (nSPS) is 25.2. The van der Waals surface area contributed by atoms with Gasteiger partial charge < -0.3 is 11.1 Å². The van der Waals surface area contributed by atoms with Crippen molar-refractivity contribution < 1.29 is 4.79 Å². The molecule has 1 aliphatic rings. The zero-order valence-electron chi connectivity index (χ0n) is 7.89. The summed E-state index contributed by atoms with van der Waals surface area (Å²) in [5.41, 5.74) is 5.78. The molecule has 0 bridgehead atoms. The molecule has 3 nitrogen and oxygen atoms in total. The van der Waals surface area contributed by atoms with E-state index in [0.717, 1.165) is 19.4 Å². The molecule has 0 unspecified atom stereocenters. The fourth-order valence-corrected chi connectivity index (χ4v) is 1.70. The van der Waals surface area contributed by atoms with Crippen LogP contribution in [0.1, 0.15) is 33.1 Å². The Morgan fingerprint density at radius 3 is 2.75 bits per heavy atom. The number of hydrogen-bond donors (Lipinski definition) is 2. The van der Waals surface area contributed by atoms with E-state index in [1.807, 2.05) is 13.8 Å². The molecule has 1 rings (SSSR count). The Morgan fingerprint density at radius 2 is 2.33 bits per heavy atom. The summed E-state index contributed by atoms with van der Waals surface area (Å²) in [7, 11) is 0. The largest absolute Gasteiger partial charge is 0.356 e. The molecule has 1 heterocycles. The van der Waals surface area contributed by atoms with Gasteiger partial charge in [-0.1, -0.05) is 0 Å². The Hall–Kier alpha value is -0.570. The first-order valence-corrected chi connectivity index (χ1v) is 4.53. The second-order valence-electron chi connectivity index (χ2n) is 4.40. The molecule has 0 radical (unpaired) electrons. The quantitative estimate of drug-likeness (QED) is 0.639. The summed E-state index contributed by atoms with van der Waals surface area (Å²) in [5.74, 6) is 0.753. The number of carbonyl (C=O) groups is 1. The van der Waals surface area contributed by atoms with Crippen molar-refractivity contribution >= 4 is 5.91 Å². The highest BCUT2D eigenvalue weighted by Gasteiger charge is 2.23. The van der Waals surface area contributed by atoms with Gasteiger partial charge in [-0.05, 0) is 32.6 Å². The molecule has 0 aromatic heterocycles. The van der Waals surface area contributed by atoms with Crippen LogP contribution in [0.2, 0.25) is 0 Å². The zero-order valence-corrected chi connectivity index (χ0v) is 7.89. The van der Waals surface area contributed by atoms with E-state index in [-0.39, 0.29) is 11.4 Å². The van der Waals surface area contributed by atoms with Crippen molar-refractivity contribution in [3.05, 3.63) is 0 Å². The van der Waals surface area contributed by atoms with Crippen LogP contribution in [0, 0.1) is 5.92 Å². The number of nitrogens with two attached hydrogens (primary N) is 1. The molecular weight excluding hydrogens is 152 g/mol. The predicted octanol–water partition coefficient (Wildman–Crippen LogP) is 0.640. The molecule has 70 valence electrons. The first-order chi connectivity index (χ1) is 5.47. The average Bonchev–Trinajstić information content (AvgIpc) is 1.91. The SMILES string of the molecule is CC(C)(N)C[C@@H]1CCC(=O)NC1. The lowest BCUT2D eigenvalue weighted by molar-refractivity contribution is -0.123. The van der Waals surface area contributed by atoms with Crippen LogP contribution in [-0.2, 0) is 4.79 Å². The second kappa shape index (κ2) is 3.44. The Balaban J connectivity index is 2.31. The van der Waals surface area contributed by atoms with Gasteiger partial charge in [-0.2, -0.15) is 0 Å². The minimum Gasteiger partial charge on any atom is -0.356 e. The standard InChI is InChI=1S/C9H18N2O/c1-9(2,10)5-7-3-4-8(12)11-6-7/h7H,3-6,10H2,1-2H3,(H,11,12)/t7-/m0/s1. The molecule has 0 aromatic rings. The van der Waals surface area contributed by atoms with Crippen molar-refractivity contribution in [3.63, 3.8) is 0 Å².